The van der Waals surface area contributed by atoms with Gasteiger partial charge in [0.1, 0.15) is 17.3 Å². The van der Waals surface area contributed by atoms with E-state index in [-0.39, 0.29) is 5.78 Å². The highest BCUT2D eigenvalue weighted by molar-refractivity contribution is 6.03. The first kappa shape index (κ1) is 20.7. The van der Waals surface area contributed by atoms with Crippen LogP contribution in [0.3, 0.4) is 0 Å². The molecule has 0 unspecified atom stereocenters. The molecule has 4 rings (SSSR count). The summed E-state index contributed by atoms with van der Waals surface area (Å²) in [6.45, 7) is 5.13. The summed E-state index contributed by atoms with van der Waals surface area (Å²) in [5.74, 6) is 2.65. The van der Waals surface area contributed by atoms with E-state index in [0.29, 0.717) is 37.0 Å². The maximum atomic E-state index is 12.6. The zero-order valence-electron chi connectivity index (χ0n) is 17.8. The molecule has 0 aliphatic heterocycles. The van der Waals surface area contributed by atoms with Crippen LogP contribution < -0.4 is 20.1 Å². The van der Waals surface area contributed by atoms with Crippen LogP contribution in [0.5, 0.6) is 11.5 Å². The number of ketones is 1. The lowest BCUT2D eigenvalue weighted by Gasteiger charge is -2.19. The van der Waals surface area contributed by atoms with Gasteiger partial charge in [0.2, 0.25) is 5.95 Å². The van der Waals surface area contributed by atoms with Gasteiger partial charge in [-0.2, -0.15) is 4.98 Å². The molecule has 0 spiro atoms. The third kappa shape index (κ3) is 4.94. The number of ether oxygens (including phenoxy) is 2. The number of hydrogen-bond acceptors (Lipinski definition) is 7. The van der Waals surface area contributed by atoms with Gasteiger partial charge in [-0.3, -0.25) is 4.79 Å². The van der Waals surface area contributed by atoms with Crippen molar-refractivity contribution in [3.05, 3.63) is 59.8 Å². The molecule has 2 aromatic carbocycles. The van der Waals surface area contributed by atoms with Gasteiger partial charge in [0.15, 0.2) is 5.78 Å². The Kier molecular flexibility index (Phi) is 6.31. The van der Waals surface area contributed by atoms with Crippen molar-refractivity contribution in [3.63, 3.8) is 0 Å². The highest BCUT2D eigenvalue weighted by Crippen LogP contribution is 2.30. The SMILES string of the molecule is CCOc1ccc(Nc2nc3c(c(Nc4ccc(OCC)cc4)n2)C(=O)CCC3)cc1. The number of anilines is 4. The molecule has 0 bridgehead atoms. The molecular weight excluding hydrogens is 392 g/mol. The summed E-state index contributed by atoms with van der Waals surface area (Å²) in [5, 5.41) is 6.54. The van der Waals surface area contributed by atoms with Crippen molar-refractivity contribution >= 4 is 28.9 Å². The smallest absolute Gasteiger partial charge is 0.229 e. The van der Waals surface area contributed by atoms with Gasteiger partial charge in [-0.05, 0) is 75.2 Å². The molecule has 1 aromatic heterocycles. The summed E-state index contributed by atoms with van der Waals surface area (Å²) in [4.78, 5) is 21.9. The lowest BCUT2D eigenvalue weighted by Crippen LogP contribution is -2.17. The van der Waals surface area contributed by atoms with Crippen LogP contribution in [0, 0.1) is 0 Å². The molecule has 7 nitrogen and oxygen atoms in total. The van der Waals surface area contributed by atoms with Crippen molar-refractivity contribution < 1.29 is 14.3 Å². The van der Waals surface area contributed by atoms with Crippen LogP contribution in [-0.2, 0) is 6.42 Å². The predicted molar refractivity (Wildman–Crippen MR) is 121 cm³/mol. The normalized spacial score (nSPS) is 12.8. The molecule has 0 saturated heterocycles. The Morgan fingerprint density at radius 3 is 1.97 bits per heavy atom. The third-order valence-corrected chi connectivity index (χ3v) is 4.93. The van der Waals surface area contributed by atoms with Crippen LogP contribution >= 0.6 is 0 Å². The van der Waals surface area contributed by atoms with E-state index in [4.69, 9.17) is 9.47 Å². The van der Waals surface area contributed by atoms with Gasteiger partial charge in [0, 0.05) is 17.8 Å². The summed E-state index contributed by atoms with van der Waals surface area (Å²) in [5.41, 5.74) is 3.03. The predicted octanol–water partition coefficient (Wildman–Crippen LogP) is 5.28. The summed E-state index contributed by atoms with van der Waals surface area (Å²) in [7, 11) is 0. The lowest BCUT2D eigenvalue weighted by atomic mass is 9.95. The maximum Gasteiger partial charge on any atom is 0.229 e. The number of aromatic nitrogens is 2. The van der Waals surface area contributed by atoms with Crippen molar-refractivity contribution in [3.8, 4) is 11.5 Å². The van der Waals surface area contributed by atoms with Crippen molar-refractivity contribution in [1.82, 2.24) is 9.97 Å². The fraction of sp³-hybridized carbons (Fsp3) is 0.292. The van der Waals surface area contributed by atoms with Gasteiger partial charge in [0.25, 0.3) is 0 Å². The van der Waals surface area contributed by atoms with Crippen LogP contribution in [0.2, 0.25) is 0 Å². The van der Waals surface area contributed by atoms with Crippen LogP contribution in [0.15, 0.2) is 48.5 Å². The molecule has 1 aliphatic rings. The minimum Gasteiger partial charge on any atom is -0.494 e. The van der Waals surface area contributed by atoms with Gasteiger partial charge >= 0.3 is 0 Å². The molecule has 3 aromatic rings. The van der Waals surface area contributed by atoms with Crippen LogP contribution in [-0.4, -0.2) is 29.0 Å². The Hall–Kier alpha value is -3.61. The van der Waals surface area contributed by atoms with Gasteiger partial charge in [-0.1, -0.05) is 0 Å². The lowest BCUT2D eigenvalue weighted by molar-refractivity contribution is 0.0972. The average molecular weight is 418 g/mol. The molecule has 0 fully saturated rings. The van der Waals surface area contributed by atoms with E-state index in [0.717, 1.165) is 41.4 Å². The number of carbonyl (C=O) groups excluding carboxylic acids is 1. The monoisotopic (exact) mass is 418 g/mol. The number of nitrogens with one attached hydrogen (secondary N) is 2. The van der Waals surface area contributed by atoms with E-state index >= 15 is 0 Å². The van der Waals surface area contributed by atoms with E-state index in [1.807, 2.05) is 62.4 Å². The molecule has 31 heavy (non-hydrogen) atoms. The molecule has 0 radical (unpaired) electrons. The molecule has 160 valence electrons. The fourth-order valence-corrected chi connectivity index (χ4v) is 3.54. The van der Waals surface area contributed by atoms with Gasteiger partial charge in [0.05, 0.1) is 24.5 Å². The van der Waals surface area contributed by atoms with E-state index in [1.165, 1.54) is 0 Å². The van der Waals surface area contributed by atoms with Crippen molar-refractivity contribution in [2.45, 2.75) is 33.1 Å². The van der Waals surface area contributed by atoms with E-state index in [2.05, 4.69) is 20.6 Å². The molecule has 0 amide bonds. The second-order valence-corrected chi connectivity index (χ2v) is 7.16. The first-order valence-electron chi connectivity index (χ1n) is 10.6. The van der Waals surface area contributed by atoms with Crippen LogP contribution in [0.25, 0.3) is 0 Å². The first-order valence-corrected chi connectivity index (χ1v) is 10.6. The summed E-state index contributed by atoms with van der Waals surface area (Å²) in [6.07, 6.45) is 2.06. The number of hydrogen-bond donors (Lipinski definition) is 2. The molecule has 0 saturated carbocycles. The minimum atomic E-state index is 0.0716. The number of benzene rings is 2. The van der Waals surface area contributed by atoms with Crippen molar-refractivity contribution in [2.75, 3.05) is 23.8 Å². The van der Waals surface area contributed by atoms with Gasteiger partial charge in [-0.25, -0.2) is 4.98 Å². The van der Waals surface area contributed by atoms with Gasteiger partial charge < -0.3 is 20.1 Å². The third-order valence-electron chi connectivity index (χ3n) is 4.93. The summed E-state index contributed by atoms with van der Waals surface area (Å²) < 4.78 is 11.0. The number of rotatable bonds is 8. The zero-order valence-corrected chi connectivity index (χ0v) is 17.8. The Bertz CT molecular complexity index is 1050. The minimum absolute atomic E-state index is 0.0716. The Labute approximate surface area is 181 Å². The average Bonchev–Trinajstić information content (AvgIpc) is 2.77. The molecule has 1 heterocycles. The van der Waals surface area contributed by atoms with Crippen LogP contribution in [0.4, 0.5) is 23.1 Å². The Morgan fingerprint density at radius 2 is 1.39 bits per heavy atom. The highest BCUT2D eigenvalue weighted by Gasteiger charge is 2.24. The summed E-state index contributed by atoms with van der Waals surface area (Å²) in [6, 6.07) is 15.2. The molecule has 1 aliphatic carbocycles. The maximum absolute atomic E-state index is 12.6. The quantitative estimate of drug-likeness (QED) is 0.515. The number of aryl methyl sites for hydroxylation is 1. The topological polar surface area (TPSA) is 85.4 Å². The van der Waals surface area contributed by atoms with Crippen molar-refractivity contribution in [1.29, 1.82) is 0 Å². The number of Topliss-reactive ketones (excluding diaryl/α,β-unsaturated/α-hetero) is 1. The Morgan fingerprint density at radius 1 is 0.806 bits per heavy atom. The number of fused-ring (bicyclic) bond motifs is 1. The number of nitrogens with zero attached hydrogens (tertiary/aromatic N) is 2. The zero-order chi connectivity index (χ0) is 21.6. The first-order chi connectivity index (χ1) is 15.2. The second-order valence-electron chi connectivity index (χ2n) is 7.16. The van der Waals surface area contributed by atoms with E-state index in [1.54, 1.807) is 0 Å². The van der Waals surface area contributed by atoms with Crippen molar-refractivity contribution in [2.24, 2.45) is 0 Å². The highest BCUT2D eigenvalue weighted by atomic mass is 16.5. The Balaban J connectivity index is 1.62. The molecule has 0 atom stereocenters. The number of carbonyl (C=O) groups is 1. The van der Waals surface area contributed by atoms with E-state index in [9.17, 15) is 4.79 Å². The molecular formula is C24H26N4O3. The van der Waals surface area contributed by atoms with Gasteiger partial charge in [-0.15, -0.1) is 0 Å². The van der Waals surface area contributed by atoms with E-state index < -0.39 is 0 Å². The second kappa shape index (κ2) is 9.47. The molecule has 7 heteroatoms. The fourth-order valence-electron chi connectivity index (χ4n) is 3.54. The largest absolute Gasteiger partial charge is 0.494 e. The summed E-state index contributed by atoms with van der Waals surface area (Å²) >= 11 is 0. The van der Waals surface area contributed by atoms with Crippen LogP contribution in [0.1, 0.15) is 42.7 Å². The standard InChI is InChI=1S/C24H26N4O3/c1-3-30-18-12-8-16(9-13-18)25-23-22-20(6-5-7-21(22)29)27-24(28-23)26-17-10-14-19(15-11-17)31-4-2/h8-15H,3-7H2,1-2H3,(H2,25,26,27,28). The molecule has 2 N–H and O–H groups in total.